The van der Waals surface area contributed by atoms with Crippen LogP contribution in [0.1, 0.15) is 17.3 Å². The molecule has 0 unspecified atom stereocenters. The van der Waals surface area contributed by atoms with Crippen LogP contribution in [0.25, 0.3) is 5.69 Å². The first kappa shape index (κ1) is 13.4. The summed E-state index contributed by atoms with van der Waals surface area (Å²) >= 11 is 5.56. The molecule has 2 rings (SSSR count). The number of aromatic amines is 1. The number of H-pyrrole nitrogens is 1. The van der Waals surface area contributed by atoms with E-state index in [0.29, 0.717) is 0 Å². The number of aromatic nitrogens is 2. The first-order valence-corrected chi connectivity index (χ1v) is 5.85. The zero-order chi connectivity index (χ0) is 14.0. The highest BCUT2D eigenvalue weighted by atomic mass is 35.5. The van der Waals surface area contributed by atoms with Gasteiger partial charge in [-0.25, -0.2) is 13.9 Å². The summed E-state index contributed by atoms with van der Waals surface area (Å²) in [6, 6.07) is 3.87. The normalized spacial score (nSPS) is 10.5. The zero-order valence-electron chi connectivity index (χ0n) is 9.94. The predicted octanol–water partition coefficient (Wildman–Crippen LogP) is 2.13. The third-order valence-electron chi connectivity index (χ3n) is 2.43. The lowest BCUT2D eigenvalue weighted by atomic mass is 10.3. The molecule has 19 heavy (non-hydrogen) atoms. The van der Waals surface area contributed by atoms with Crippen LogP contribution in [0.4, 0.5) is 4.39 Å². The van der Waals surface area contributed by atoms with Gasteiger partial charge in [-0.15, -0.1) is 0 Å². The lowest BCUT2D eigenvalue weighted by molar-refractivity contribution is 0.0525. The average molecular weight is 285 g/mol. The van der Waals surface area contributed by atoms with Gasteiger partial charge in [-0.05, 0) is 19.1 Å². The van der Waals surface area contributed by atoms with E-state index in [1.54, 1.807) is 6.92 Å². The monoisotopic (exact) mass is 284 g/mol. The van der Waals surface area contributed by atoms with Crippen LogP contribution in [0.2, 0.25) is 5.02 Å². The van der Waals surface area contributed by atoms with Crippen molar-refractivity contribution in [3.8, 4) is 5.69 Å². The molecule has 0 spiro atoms. The minimum absolute atomic E-state index is 0.0472. The molecule has 1 aromatic carbocycles. The van der Waals surface area contributed by atoms with E-state index in [0.717, 1.165) is 10.7 Å². The van der Waals surface area contributed by atoms with Crippen molar-refractivity contribution in [3.63, 3.8) is 0 Å². The second-order valence-electron chi connectivity index (χ2n) is 3.65. The molecule has 0 saturated heterocycles. The number of hydrogen-bond acceptors (Lipinski definition) is 3. The van der Waals surface area contributed by atoms with Gasteiger partial charge in [0.1, 0.15) is 11.4 Å². The highest BCUT2D eigenvalue weighted by Gasteiger charge is 2.16. The highest BCUT2D eigenvalue weighted by Crippen LogP contribution is 2.17. The molecule has 0 fully saturated rings. The van der Waals surface area contributed by atoms with Crippen molar-refractivity contribution in [3.05, 3.63) is 51.2 Å². The molecule has 1 N–H and O–H groups in total. The highest BCUT2D eigenvalue weighted by molar-refractivity contribution is 6.30. The third-order valence-corrected chi connectivity index (χ3v) is 2.73. The van der Waals surface area contributed by atoms with E-state index >= 15 is 0 Å². The van der Waals surface area contributed by atoms with E-state index in [2.05, 4.69) is 5.10 Å². The van der Waals surface area contributed by atoms with Crippen LogP contribution < -0.4 is 5.56 Å². The predicted molar refractivity (Wildman–Crippen MR) is 67.3 cm³/mol. The molecule has 0 atom stereocenters. The van der Waals surface area contributed by atoms with Crippen LogP contribution >= 0.6 is 11.6 Å². The maximum Gasteiger partial charge on any atom is 0.345 e. The molecule has 0 aliphatic heterocycles. The van der Waals surface area contributed by atoms with E-state index in [9.17, 15) is 14.0 Å². The van der Waals surface area contributed by atoms with Crippen LogP contribution in [0.3, 0.4) is 0 Å². The quantitative estimate of drug-likeness (QED) is 0.878. The molecule has 0 saturated carbocycles. The minimum atomic E-state index is -0.725. The van der Waals surface area contributed by atoms with Crippen molar-refractivity contribution >= 4 is 17.6 Å². The van der Waals surface area contributed by atoms with Gasteiger partial charge in [-0.2, -0.15) is 0 Å². The Balaban J connectivity index is 2.44. The van der Waals surface area contributed by atoms with Gasteiger partial charge in [0.2, 0.25) is 0 Å². The number of benzene rings is 1. The van der Waals surface area contributed by atoms with Crippen LogP contribution in [0, 0.1) is 5.82 Å². The van der Waals surface area contributed by atoms with Crippen LogP contribution in [-0.2, 0) is 4.74 Å². The summed E-state index contributed by atoms with van der Waals surface area (Å²) in [4.78, 5) is 23.4. The Hall–Kier alpha value is -2.08. The largest absolute Gasteiger partial charge is 0.462 e. The number of nitrogens with zero attached hydrogens (tertiary/aromatic N) is 1. The summed E-state index contributed by atoms with van der Waals surface area (Å²) in [6.07, 6.45) is 1.22. The number of rotatable bonds is 3. The maximum atomic E-state index is 13.3. The molecule has 1 heterocycles. The molecule has 0 aliphatic rings. The number of carbonyl (C=O) groups is 1. The Morgan fingerprint density at radius 3 is 2.89 bits per heavy atom. The number of nitrogens with one attached hydrogen (secondary N) is 1. The van der Waals surface area contributed by atoms with Crippen molar-refractivity contribution < 1.29 is 13.9 Å². The van der Waals surface area contributed by atoms with Gasteiger partial charge in [0, 0.05) is 12.3 Å². The van der Waals surface area contributed by atoms with Crippen molar-refractivity contribution in [1.29, 1.82) is 0 Å². The number of halogens is 2. The number of carbonyl (C=O) groups excluding carboxylic acids is 1. The van der Waals surface area contributed by atoms with E-state index in [4.69, 9.17) is 16.3 Å². The number of ether oxygens (including phenoxy) is 1. The summed E-state index contributed by atoms with van der Waals surface area (Å²) in [7, 11) is 0. The lowest BCUT2D eigenvalue weighted by Crippen LogP contribution is -2.21. The fraction of sp³-hybridized carbons (Fsp3) is 0.167. The molecule has 0 radical (unpaired) electrons. The van der Waals surface area contributed by atoms with Crippen molar-refractivity contribution in [2.45, 2.75) is 6.92 Å². The van der Waals surface area contributed by atoms with Gasteiger partial charge < -0.3 is 4.74 Å². The minimum Gasteiger partial charge on any atom is -0.462 e. The topological polar surface area (TPSA) is 64.1 Å². The van der Waals surface area contributed by atoms with Gasteiger partial charge in [-0.1, -0.05) is 11.6 Å². The molecule has 7 heteroatoms. The van der Waals surface area contributed by atoms with Crippen molar-refractivity contribution in [2.75, 3.05) is 6.61 Å². The summed E-state index contributed by atoms with van der Waals surface area (Å²) in [5, 5.41) is 2.52. The molecule has 1 aromatic heterocycles. The number of esters is 1. The fourth-order valence-electron chi connectivity index (χ4n) is 1.54. The van der Waals surface area contributed by atoms with Gasteiger partial charge in [-0.3, -0.25) is 9.89 Å². The van der Waals surface area contributed by atoms with E-state index in [1.165, 1.54) is 18.3 Å². The summed E-state index contributed by atoms with van der Waals surface area (Å²) < 4.78 is 19.1. The lowest BCUT2D eigenvalue weighted by Gasteiger charge is -2.02. The fourth-order valence-corrected chi connectivity index (χ4v) is 1.66. The molecule has 0 aliphatic carbocycles. The molecule has 0 amide bonds. The molecular formula is C12H10ClFN2O3. The maximum absolute atomic E-state index is 13.3. The average Bonchev–Trinajstić information content (AvgIpc) is 2.75. The second-order valence-corrected chi connectivity index (χ2v) is 4.05. The summed E-state index contributed by atoms with van der Waals surface area (Å²) in [5.74, 6) is -1.38. The Bertz CT molecular complexity index is 678. The Morgan fingerprint density at radius 1 is 1.53 bits per heavy atom. The van der Waals surface area contributed by atoms with Crippen LogP contribution in [0.5, 0.6) is 0 Å². The van der Waals surface area contributed by atoms with Crippen molar-refractivity contribution in [2.24, 2.45) is 0 Å². The smallest absolute Gasteiger partial charge is 0.345 e. The summed E-state index contributed by atoms with van der Waals surface area (Å²) in [5.41, 5.74) is -0.514. The first-order chi connectivity index (χ1) is 9.04. The van der Waals surface area contributed by atoms with Gasteiger partial charge in [0.25, 0.3) is 5.56 Å². The van der Waals surface area contributed by atoms with Crippen LogP contribution in [-0.4, -0.2) is 22.4 Å². The SMILES string of the molecule is CCOC(=O)c1c[nH]n(-c2ccc(Cl)c(F)c2)c1=O. The van der Waals surface area contributed by atoms with Crippen molar-refractivity contribution in [1.82, 2.24) is 9.78 Å². The van der Waals surface area contributed by atoms with Gasteiger partial charge in [0.05, 0.1) is 17.3 Å². The first-order valence-electron chi connectivity index (χ1n) is 5.47. The molecule has 100 valence electrons. The molecule has 5 nitrogen and oxygen atoms in total. The van der Waals surface area contributed by atoms with E-state index in [1.807, 2.05) is 0 Å². The zero-order valence-corrected chi connectivity index (χ0v) is 10.7. The van der Waals surface area contributed by atoms with Gasteiger partial charge in [0.15, 0.2) is 0 Å². The van der Waals surface area contributed by atoms with E-state index < -0.39 is 17.3 Å². The van der Waals surface area contributed by atoms with Crippen LogP contribution in [0.15, 0.2) is 29.2 Å². The molecule has 2 aromatic rings. The Morgan fingerprint density at radius 2 is 2.26 bits per heavy atom. The number of hydrogen-bond donors (Lipinski definition) is 1. The Labute approximate surface area is 112 Å². The van der Waals surface area contributed by atoms with Gasteiger partial charge >= 0.3 is 5.97 Å². The summed E-state index contributed by atoms with van der Waals surface area (Å²) in [6.45, 7) is 1.80. The Kier molecular flexibility index (Phi) is 3.71. The molecule has 0 bridgehead atoms. The standard InChI is InChI=1S/C12H10ClFN2O3/c1-2-19-12(18)8-6-15-16(11(8)17)7-3-4-9(13)10(14)5-7/h3-6,15H,2H2,1H3. The third kappa shape index (κ3) is 2.53. The van der Waals surface area contributed by atoms with E-state index in [-0.39, 0.29) is 22.9 Å². The molecular weight excluding hydrogens is 275 g/mol. The second kappa shape index (κ2) is 5.27.